The van der Waals surface area contributed by atoms with Crippen molar-refractivity contribution in [3.05, 3.63) is 41.3 Å². The van der Waals surface area contributed by atoms with E-state index in [1.165, 1.54) is 20.5 Å². The summed E-state index contributed by atoms with van der Waals surface area (Å²) >= 11 is 1.90. The lowest BCUT2D eigenvalue weighted by Crippen LogP contribution is -2.19. The average molecular weight is 187 g/mol. The summed E-state index contributed by atoms with van der Waals surface area (Å²) in [5.41, 5.74) is 1.28. The lowest BCUT2D eigenvalue weighted by molar-refractivity contribution is 0.767. The van der Waals surface area contributed by atoms with Gasteiger partial charge in [-0.05, 0) is 23.4 Å². The van der Waals surface area contributed by atoms with Crippen LogP contribution in [-0.4, -0.2) is 6.54 Å². The van der Waals surface area contributed by atoms with E-state index in [1.54, 1.807) is 0 Å². The van der Waals surface area contributed by atoms with Gasteiger partial charge in [-0.1, -0.05) is 18.2 Å². The van der Waals surface area contributed by atoms with Crippen molar-refractivity contribution in [2.24, 2.45) is 0 Å². The third-order valence-electron chi connectivity index (χ3n) is 2.36. The van der Waals surface area contributed by atoms with Gasteiger partial charge in [0.1, 0.15) is 0 Å². The van der Waals surface area contributed by atoms with Crippen LogP contribution in [0.15, 0.2) is 24.3 Å². The molecule has 1 N–H and O–H groups in total. The van der Waals surface area contributed by atoms with Crippen molar-refractivity contribution in [3.8, 4) is 0 Å². The van der Waals surface area contributed by atoms with E-state index in [0.717, 1.165) is 13.0 Å². The molecule has 0 amide bonds. The van der Waals surface area contributed by atoms with Crippen LogP contribution in [0.1, 0.15) is 10.4 Å². The summed E-state index contributed by atoms with van der Waals surface area (Å²) in [7, 11) is 0. The van der Waals surface area contributed by atoms with Gasteiger partial charge in [0, 0.05) is 16.1 Å². The molecule has 3 rings (SSSR count). The van der Waals surface area contributed by atoms with Gasteiger partial charge in [-0.15, -0.1) is 11.3 Å². The van der Waals surface area contributed by atoms with Crippen LogP contribution < -0.4 is 5.32 Å². The van der Waals surface area contributed by atoms with Crippen LogP contribution >= 0.6 is 11.3 Å². The molecule has 0 saturated carbocycles. The van der Waals surface area contributed by atoms with Crippen molar-refractivity contribution in [3.63, 3.8) is 0 Å². The highest BCUT2D eigenvalue weighted by Crippen LogP contribution is 2.33. The maximum Gasteiger partial charge on any atom is 0.0951 e. The van der Waals surface area contributed by atoms with Crippen molar-refractivity contribution in [1.29, 1.82) is 0 Å². The van der Waals surface area contributed by atoms with E-state index in [-0.39, 0.29) is 0 Å². The van der Waals surface area contributed by atoms with Crippen molar-refractivity contribution in [1.82, 2.24) is 5.32 Å². The normalized spacial score (nSPS) is 16.0. The SMILES string of the molecule is [C]1NCCc2sc3ccccc3c21. The highest BCUT2D eigenvalue weighted by molar-refractivity contribution is 7.19. The maximum atomic E-state index is 3.25. The first-order chi connectivity index (χ1) is 6.45. The van der Waals surface area contributed by atoms with Gasteiger partial charge in [-0.3, -0.25) is 0 Å². The molecule has 0 atom stereocenters. The zero-order valence-electron chi connectivity index (χ0n) is 7.13. The number of hydrogen-bond donors (Lipinski definition) is 1. The standard InChI is InChI=1S/C11H9NS/c1-2-4-10-8(3-1)9-7-12-6-5-11(9)13-10/h1-4,12H,5-6H2. The lowest BCUT2D eigenvalue weighted by atomic mass is 10.1. The minimum absolute atomic E-state index is 1.03. The van der Waals surface area contributed by atoms with Crippen LogP contribution in [0, 0.1) is 6.54 Å². The Morgan fingerprint density at radius 2 is 2.23 bits per heavy atom. The summed E-state index contributed by atoms with van der Waals surface area (Å²) in [4.78, 5) is 1.47. The molecular weight excluding hydrogens is 178 g/mol. The molecule has 2 heterocycles. The molecule has 13 heavy (non-hydrogen) atoms. The van der Waals surface area contributed by atoms with E-state index in [1.807, 2.05) is 11.3 Å². The van der Waals surface area contributed by atoms with E-state index >= 15 is 0 Å². The Labute approximate surface area is 81.4 Å². The van der Waals surface area contributed by atoms with Gasteiger partial charge in [-0.2, -0.15) is 0 Å². The lowest BCUT2D eigenvalue weighted by Gasteiger charge is -2.10. The second-order valence-corrected chi connectivity index (χ2v) is 4.33. The molecule has 0 unspecified atom stereocenters. The summed E-state index contributed by atoms with van der Waals surface area (Å²) < 4.78 is 1.38. The molecule has 0 aliphatic carbocycles. The minimum atomic E-state index is 1.03. The summed E-state index contributed by atoms with van der Waals surface area (Å²) in [5, 5.41) is 4.52. The molecule has 1 aliphatic rings. The molecule has 0 fully saturated rings. The smallest absolute Gasteiger partial charge is 0.0951 e. The Morgan fingerprint density at radius 1 is 1.31 bits per heavy atom. The first-order valence-electron chi connectivity index (χ1n) is 4.44. The Kier molecular flexibility index (Phi) is 1.64. The van der Waals surface area contributed by atoms with Crippen LogP contribution in [0.2, 0.25) is 0 Å². The molecule has 2 heteroatoms. The fraction of sp³-hybridized carbons (Fsp3) is 0.182. The van der Waals surface area contributed by atoms with E-state index in [4.69, 9.17) is 0 Å². The number of thiophene rings is 1. The topological polar surface area (TPSA) is 12.0 Å². The van der Waals surface area contributed by atoms with Crippen LogP contribution in [0.25, 0.3) is 10.1 Å². The third-order valence-corrected chi connectivity index (χ3v) is 3.59. The predicted octanol–water partition coefficient (Wildman–Crippen LogP) is 2.43. The highest BCUT2D eigenvalue weighted by atomic mass is 32.1. The van der Waals surface area contributed by atoms with Gasteiger partial charge in [0.2, 0.25) is 0 Å². The number of nitrogens with one attached hydrogen (secondary N) is 1. The fourth-order valence-electron chi connectivity index (χ4n) is 1.74. The monoisotopic (exact) mass is 187 g/mol. The molecule has 1 aromatic heterocycles. The molecule has 0 bridgehead atoms. The van der Waals surface area contributed by atoms with Crippen molar-refractivity contribution in [2.75, 3.05) is 6.54 Å². The van der Waals surface area contributed by atoms with Gasteiger partial charge in [0.05, 0.1) is 6.54 Å². The summed E-state index contributed by atoms with van der Waals surface area (Å²) in [5.74, 6) is 0. The Bertz CT molecular complexity index is 444. The van der Waals surface area contributed by atoms with Gasteiger partial charge < -0.3 is 5.32 Å². The Morgan fingerprint density at radius 3 is 3.23 bits per heavy atom. The molecule has 1 aliphatic heterocycles. The largest absolute Gasteiger partial charge is 0.303 e. The van der Waals surface area contributed by atoms with Gasteiger partial charge >= 0.3 is 0 Å². The summed E-state index contributed by atoms with van der Waals surface area (Å²) in [6, 6.07) is 8.54. The number of fused-ring (bicyclic) bond motifs is 3. The summed E-state index contributed by atoms with van der Waals surface area (Å²) in [6.45, 7) is 4.27. The highest BCUT2D eigenvalue weighted by Gasteiger charge is 2.15. The quantitative estimate of drug-likeness (QED) is 0.668. The molecule has 2 radical (unpaired) electrons. The van der Waals surface area contributed by atoms with Gasteiger partial charge in [-0.25, -0.2) is 0 Å². The van der Waals surface area contributed by atoms with E-state index in [9.17, 15) is 0 Å². The minimum Gasteiger partial charge on any atom is -0.303 e. The molecule has 64 valence electrons. The zero-order valence-corrected chi connectivity index (χ0v) is 7.95. The summed E-state index contributed by atoms with van der Waals surface area (Å²) in [6.07, 6.45) is 1.14. The first-order valence-corrected chi connectivity index (χ1v) is 5.26. The number of hydrogen-bond acceptors (Lipinski definition) is 2. The Hall–Kier alpha value is -0.860. The number of benzene rings is 1. The van der Waals surface area contributed by atoms with Crippen LogP contribution in [0.5, 0.6) is 0 Å². The molecular formula is C11H9NS. The molecule has 1 aromatic carbocycles. The van der Waals surface area contributed by atoms with E-state index in [2.05, 4.69) is 36.1 Å². The van der Waals surface area contributed by atoms with Crippen molar-refractivity contribution >= 4 is 21.4 Å². The van der Waals surface area contributed by atoms with Crippen molar-refractivity contribution in [2.45, 2.75) is 6.42 Å². The maximum absolute atomic E-state index is 3.25. The van der Waals surface area contributed by atoms with Crippen molar-refractivity contribution < 1.29 is 0 Å². The van der Waals surface area contributed by atoms with Crippen LogP contribution in [-0.2, 0) is 6.42 Å². The molecule has 1 nitrogen and oxygen atoms in total. The molecule has 0 spiro atoms. The second-order valence-electron chi connectivity index (χ2n) is 3.20. The number of rotatable bonds is 0. The van der Waals surface area contributed by atoms with Crippen LogP contribution in [0.3, 0.4) is 0 Å². The van der Waals surface area contributed by atoms with E-state index < -0.39 is 0 Å². The fourth-order valence-corrected chi connectivity index (χ4v) is 2.90. The zero-order chi connectivity index (χ0) is 8.67. The van der Waals surface area contributed by atoms with Crippen LogP contribution in [0.4, 0.5) is 0 Å². The predicted molar refractivity (Wildman–Crippen MR) is 55.9 cm³/mol. The first kappa shape index (κ1) is 7.54. The van der Waals surface area contributed by atoms with Gasteiger partial charge in [0.15, 0.2) is 0 Å². The van der Waals surface area contributed by atoms with E-state index in [0.29, 0.717) is 0 Å². The molecule has 0 saturated heterocycles. The Balaban J connectivity index is 2.34. The third kappa shape index (κ3) is 1.10. The second kappa shape index (κ2) is 2.82. The molecule has 2 aromatic rings. The van der Waals surface area contributed by atoms with Gasteiger partial charge in [0.25, 0.3) is 0 Å². The average Bonchev–Trinajstić information content (AvgIpc) is 2.56.